The first-order valence-corrected chi connectivity index (χ1v) is 7.57. The third-order valence-electron chi connectivity index (χ3n) is 4.56. The van der Waals surface area contributed by atoms with Gasteiger partial charge in [0.05, 0.1) is 5.56 Å². The van der Waals surface area contributed by atoms with E-state index in [2.05, 4.69) is 37.4 Å². The van der Waals surface area contributed by atoms with Crippen molar-refractivity contribution < 1.29 is 9.90 Å². The molecule has 0 fully saturated rings. The van der Waals surface area contributed by atoms with Gasteiger partial charge in [-0.05, 0) is 49.6 Å². The fourth-order valence-corrected chi connectivity index (χ4v) is 3.41. The standard InChI is InChI=1S/C19H21NO2.ClH/c1-12(21)15-9-8-13(10-17(15)22)18-16-7-5-4-6-14(16)11-20-19(18,2)3;/h4-10,18,20,22H,11H2,1-3H3;1H. The van der Waals surface area contributed by atoms with Crippen LogP contribution in [0, 0.1) is 0 Å². The minimum Gasteiger partial charge on any atom is -0.507 e. The molecule has 0 spiro atoms. The summed E-state index contributed by atoms with van der Waals surface area (Å²) >= 11 is 0. The van der Waals surface area contributed by atoms with E-state index in [9.17, 15) is 9.90 Å². The number of carbonyl (C=O) groups excluding carboxylic acids is 1. The monoisotopic (exact) mass is 331 g/mol. The lowest BCUT2D eigenvalue weighted by molar-refractivity contribution is 0.101. The molecule has 1 aliphatic heterocycles. The fraction of sp³-hybridized carbons (Fsp3) is 0.316. The van der Waals surface area contributed by atoms with Gasteiger partial charge in [0.15, 0.2) is 5.78 Å². The summed E-state index contributed by atoms with van der Waals surface area (Å²) < 4.78 is 0. The number of ketones is 1. The Kier molecular flexibility index (Phi) is 4.83. The lowest BCUT2D eigenvalue weighted by Gasteiger charge is -2.41. The molecule has 2 aromatic rings. The average molecular weight is 332 g/mol. The second-order valence-corrected chi connectivity index (χ2v) is 6.54. The molecule has 0 bridgehead atoms. The number of nitrogens with one attached hydrogen (secondary N) is 1. The molecule has 2 N–H and O–H groups in total. The van der Waals surface area contributed by atoms with Crippen molar-refractivity contribution in [2.45, 2.75) is 38.8 Å². The molecule has 2 aromatic carbocycles. The molecule has 1 aliphatic rings. The molecule has 3 rings (SSSR count). The maximum atomic E-state index is 11.5. The van der Waals surface area contributed by atoms with Gasteiger partial charge in [-0.25, -0.2) is 0 Å². The quantitative estimate of drug-likeness (QED) is 0.817. The van der Waals surface area contributed by atoms with Crippen LogP contribution < -0.4 is 5.32 Å². The number of aromatic hydroxyl groups is 1. The van der Waals surface area contributed by atoms with Crippen LogP contribution >= 0.6 is 12.4 Å². The molecule has 0 saturated heterocycles. The highest BCUT2D eigenvalue weighted by Crippen LogP contribution is 2.41. The van der Waals surface area contributed by atoms with Crippen molar-refractivity contribution in [3.05, 3.63) is 64.7 Å². The molecule has 0 amide bonds. The molecule has 1 unspecified atom stereocenters. The first-order chi connectivity index (χ1) is 10.4. The van der Waals surface area contributed by atoms with E-state index in [1.54, 1.807) is 12.1 Å². The summed E-state index contributed by atoms with van der Waals surface area (Å²) in [7, 11) is 0. The Balaban J connectivity index is 0.00000192. The molecular weight excluding hydrogens is 310 g/mol. The van der Waals surface area contributed by atoms with E-state index in [1.807, 2.05) is 12.1 Å². The average Bonchev–Trinajstić information content (AvgIpc) is 2.46. The van der Waals surface area contributed by atoms with E-state index in [4.69, 9.17) is 0 Å². The maximum absolute atomic E-state index is 11.5. The molecule has 122 valence electrons. The van der Waals surface area contributed by atoms with Crippen molar-refractivity contribution >= 4 is 18.2 Å². The molecule has 0 aliphatic carbocycles. The number of fused-ring (bicyclic) bond motifs is 1. The third-order valence-corrected chi connectivity index (χ3v) is 4.56. The van der Waals surface area contributed by atoms with Crippen molar-refractivity contribution in [1.82, 2.24) is 5.32 Å². The third kappa shape index (κ3) is 3.12. The Hall–Kier alpha value is -1.84. The van der Waals surface area contributed by atoms with Gasteiger partial charge in [0.1, 0.15) is 5.75 Å². The normalized spacial score (nSPS) is 18.7. The van der Waals surface area contributed by atoms with Crippen LogP contribution in [0.15, 0.2) is 42.5 Å². The topological polar surface area (TPSA) is 49.3 Å². The SMILES string of the molecule is CC(=O)c1ccc(C2c3ccccc3CNC2(C)C)cc1O.Cl. The van der Waals surface area contributed by atoms with Gasteiger partial charge < -0.3 is 10.4 Å². The number of hydrogen-bond donors (Lipinski definition) is 2. The second kappa shape index (κ2) is 6.34. The first-order valence-electron chi connectivity index (χ1n) is 7.57. The van der Waals surface area contributed by atoms with E-state index in [0.29, 0.717) is 5.56 Å². The molecule has 23 heavy (non-hydrogen) atoms. The Labute approximate surface area is 143 Å². The number of carbonyl (C=O) groups is 1. The van der Waals surface area contributed by atoms with Crippen molar-refractivity contribution in [2.24, 2.45) is 0 Å². The maximum Gasteiger partial charge on any atom is 0.163 e. The minimum absolute atomic E-state index is 0. The Morgan fingerprint density at radius 2 is 1.91 bits per heavy atom. The lowest BCUT2D eigenvalue weighted by Crippen LogP contribution is -2.48. The number of Topliss-reactive ketones (excluding diaryl/α,β-unsaturated/α-hetero) is 1. The highest BCUT2D eigenvalue weighted by molar-refractivity contribution is 5.96. The number of halogens is 1. The van der Waals surface area contributed by atoms with Crippen molar-refractivity contribution in [1.29, 1.82) is 0 Å². The molecular formula is C19H22ClNO2. The predicted molar refractivity (Wildman–Crippen MR) is 94.6 cm³/mol. The Morgan fingerprint density at radius 3 is 2.57 bits per heavy atom. The summed E-state index contributed by atoms with van der Waals surface area (Å²) in [6.07, 6.45) is 0. The summed E-state index contributed by atoms with van der Waals surface area (Å²) in [5.41, 5.74) is 3.83. The van der Waals surface area contributed by atoms with E-state index in [0.717, 1.165) is 12.1 Å². The smallest absolute Gasteiger partial charge is 0.163 e. The number of hydrogen-bond acceptors (Lipinski definition) is 3. The molecule has 1 atom stereocenters. The highest BCUT2D eigenvalue weighted by atomic mass is 35.5. The minimum atomic E-state index is -0.126. The van der Waals surface area contributed by atoms with E-state index in [-0.39, 0.29) is 35.4 Å². The molecule has 3 nitrogen and oxygen atoms in total. The summed E-state index contributed by atoms with van der Waals surface area (Å²) in [6.45, 7) is 6.65. The second-order valence-electron chi connectivity index (χ2n) is 6.54. The molecule has 1 heterocycles. The van der Waals surface area contributed by atoms with Crippen molar-refractivity contribution in [2.75, 3.05) is 0 Å². The zero-order chi connectivity index (χ0) is 15.9. The zero-order valence-electron chi connectivity index (χ0n) is 13.6. The van der Waals surface area contributed by atoms with E-state index < -0.39 is 0 Å². The van der Waals surface area contributed by atoms with Gasteiger partial charge in [-0.2, -0.15) is 0 Å². The van der Waals surface area contributed by atoms with Crippen LogP contribution in [-0.4, -0.2) is 16.4 Å². The first kappa shape index (κ1) is 17.5. The van der Waals surface area contributed by atoms with Crippen LogP contribution in [0.5, 0.6) is 5.75 Å². The molecule has 0 saturated carbocycles. The van der Waals surface area contributed by atoms with Crippen LogP contribution in [0.3, 0.4) is 0 Å². The summed E-state index contributed by atoms with van der Waals surface area (Å²) in [5, 5.41) is 13.7. The van der Waals surface area contributed by atoms with Gasteiger partial charge in [0.2, 0.25) is 0 Å². The van der Waals surface area contributed by atoms with Crippen molar-refractivity contribution in [3.63, 3.8) is 0 Å². The van der Waals surface area contributed by atoms with Gasteiger partial charge in [-0.15, -0.1) is 12.4 Å². The van der Waals surface area contributed by atoms with Crippen molar-refractivity contribution in [3.8, 4) is 5.75 Å². The largest absolute Gasteiger partial charge is 0.507 e. The summed E-state index contributed by atoms with van der Waals surface area (Å²) in [6, 6.07) is 13.8. The summed E-state index contributed by atoms with van der Waals surface area (Å²) in [5.74, 6) is 0.0682. The van der Waals surface area contributed by atoms with Crippen LogP contribution in [0.25, 0.3) is 0 Å². The van der Waals surface area contributed by atoms with Gasteiger partial charge in [0, 0.05) is 18.0 Å². The number of phenolic OH excluding ortho intramolecular Hbond substituents is 1. The molecule has 4 heteroatoms. The summed E-state index contributed by atoms with van der Waals surface area (Å²) in [4.78, 5) is 11.5. The number of phenols is 1. The molecule has 0 radical (unpaired) electrons. The van der Waals surface area contributed by atoms with Crippen LogP contribution in [0.4, 0.5) is 0 Å². The highest BCUT2D eigenvalue weighted by Gasteiger charge is 2.36. The number of benzene rings is 2. The fourth-order valence-electron chi connectivity index (χ4n) is 3.41. The Bertz CT molecular complexity index is 740. The number of rotatable bonds is 2. The van der Waals surface area contributed by atoms with Gasteiger partial charge in [-0.1, -0.05) is 30.3 Å². The van der Waals surface area contributed by atoms with Gasteiger partial charge >= 0.3 is 0 Å². The Morgan fingerprint density at radius 1 is 1.22 bits per heavy atom. The van der Waals surface area contributed by atoms with Crippen LogP contribution in [0.1, 0.15) is 53.7 Å². The van der Waals surface area contributed by atoms with E-state index >= 15 is 0 Å². The van der Waals surface area contributed by atoms with Crippen LogP contribution in [0.2, 0.25) is 0 Å². The zero-order valence-corrected chi connectivity index (χ0v) is 14.4. The lowest BCUT2D eigenvalue weighted by atomic mass is 9.73. The van der Waals surface area contributed by atoms with E-state index in [1.165, 1.54) is 18.1 Å². The van der Waals surface area contributed by atoms with Crippen LogP contribution in [-0.2, 0) is 6.54 Å². The van der Waals surface area contributed by atoms with Gasteiger partial charge in [0.25, 0.3) is 0 Å². The molecule has 0 aromatic heterocycles. The predicted octanol–water partition coefficient (Wildman–Crippen LogP) is 4.03. The van der Waals surface area contributed by atoms with Gasteiger partial charge in [-0.3, -0.25) is 4.79 Å².